The summed E-state index contributed by atoms with van der Waals surface area (Å²) in [5.41, 5.74) is 0.464. The van der Waals surface area contributed by atoms with Gasteiger partial charge in [-0.25, -0.2) is 8.42 Å². The third-order valence-electron chi connectivity index (χ3n) is 5.66. The van der Waals surface area contributed by atoms with Crippen molar-refractivity contribution in [1.29, 1.82) is 0 Å². The molecule has 2 unspecified atom stereocenters. The van der Waals surface area contributed by atoms with E-state index in [0.717, 1.165) is 12.8 Å². The molecule has 2 aliphatic carbocycles. The fraction of sp³-hybridized carbons (Fsp3) is 0.474. The Kier molecular flexibility index (Phi) is 4.55. The second kappa shape index (κ2) is 6.76. The summed E-state index contributed by atoms with van der Waals surface area (Å²) in [6.07, 6.45) is 3.55. The first kappa shape index (κ1) is 18.2. The number of amides is 2. The van der Waals surface area contributed by atoms with Crippen LogP contribution in [0.4, 0.5) is 0 Å². The summed E-state index contributed by atoms with van der Waals surface area (Å²) in [6, 6.07) is 6.13. The highest BCUT2D eigenvalue weighted by Crippen LogP contribution is 2.47. The van der Waals surface area contributed by atoms with Gasteiger partial charge in [0.25, 0.3) is 5.91 Å². The van der Waals surface area contributed by atoms with E-state index in [1.54, 1.807) is 12.1 Å². The molecule has 1 aromatic carbocycles. The van der Waals surface area contributed by atoms with Crippen LogP contribution < -0.4 is 10.6 Å². The van der Waals surface area contributed by atoms with E-state index in [0.29, 0.717) is 31.1 Å². The molecule has 7 nitrogen and oxygen atoms in total. The van der Waals surface area contributed by atoms with Crippen LogP contribution in [0.3, 0.4) is 0 Å². The lowest BCUT2D eigenvalue weighted by Gasteiger charge is -2.20. The maximum atomic E-state index is 12.8. The number of piperidine rings is 1. The average Bonchev–Trinajstić information content (AvgIpc) is 3.57. The molecule has 2 atom stereocenters. The van der Waals surface area contributed by atoms with Gasteiger partial charge < -0.3 is 10.6 Å². The molecule has 1 aliphatic heterocycles. The van der Waals surface area contributed by atoms with E-state index in [1.807, 2.05) is 0 Å². The molecule has 0 bridgehead atoms. The Morgan fingerprint density at radius 2 is 1.78 bits per heavy atom. The van der Waals surface area contributed by atoms with E-state index >= 15 is 0 Å². The maximum Gasteiger partial charge on any atom is 0.251 e. The van der Waals surface area contributed by atoms with Crippen molar-refractivity contribution >= 4 is 21.8 Å². The lowest BCUT2D eigenvalue weighted by molar-refractivity contribution is -0.116. The molecule has 0 aromatic heterocycles. The van der Waals surface area contributed by atoms with Gasteiger partial charge in [0, 0.05) is 31.2 Å². The van der Waals surface area contributed by atoms with Gasteiger partial charge in [0.2, 0.25) is 15.9 Å². The Labute approximate surface area is 158 Å². The van der Waals surface area contributed by atoms with Crippen LogP contribution in [0.2, 0.25) is 0 Å². The summed E-state index contributed by atoms with van der Waals surface area (Å²) in [7, 11) is -3.59. The Balaban J connectivity index is 1.36. The summed E-state index contributed by atoms with van der Waals surface area (Å²) in [6.45, 7) is 4.91. The number of carbonyl (C=O) groups excluding carboxylic acids is 2. The van der Waals surface area contributed by atoms with E-state index in [2.05, 4.69) is 17.2 Å². The van der Waals surface area contributed by atoms with Crippen LogP contribution in [-0.4, -0.2) is 50.2 Å². The van der Waals surface area contributed by atoms with Crippen molar-refractivity contribution in [3.63, 3.8) is 0 Å². The zero-order chi connectivity index (χ0) is 19.2. The highest BCUT2D eigenvalue weighted by Gasteiger charge is 2.58. The first-order chi connectivity index (χ1) is 12.9. The molecule has 3 fully saturated rings. The number of hydrogen-bond donors (Lipinski definition) is 2. The lowest BCUT2D eigenvalue weighted by Crippen LogP contribution is -2.37. The lowest BCUT2D eigenvalue weighted by atomic mass is 10.2. The summed E-state index contributed by atoms with van der Waals surface area (Å²) in [4.78, 5) is 23.6. The molecule has 8 heteroatoms. The number of carbonyl (C=O) groups is 2. The number of fused-ring (bicyclic) bond motifs is 1. The highest BCUT2D eigenvalue weighted by molar-refractivity contribution is 7.89. The molecular formula is C19H23N3O4S. The van der Waals surface area contributed by atoms with Crippen molar-refractivity contribution in [2.75, 3.05) is 19.6 Å². The standard InChI is InChI=1S/C19H23N3O4S/c1-2-17(23)21-18-15-10-22(11-16(15)18)27(25,26)14-7-5-13(6-8-14)19(24)20-9-12-3-4-12/h2,5-8,12,15-16,18H,1,3-4,9-11H2,(H,20,24)(H,21,23). The van der Waals surface area contributed by atoms with Gasteiger partial charge >= 0.3 is 0 Å². The largest absolute Gasteiger partial charge is 0.352 e. The summed E-state index contributed by atoms with van der Waals surface area (Å²) in [5, 5.41) is 5.71. The average molecular weight is 389 g/mol. The van der Waals surface area contributed by atoms with Crippen LogP contribution in [-0.2, 0) is 14.8 Å². The van der Waals surface area contributed by atoms with Crippen molar-refractivity contribution in [3.8, 4) is 0 Å². The Bertz CT molecular complexity index is 865. The Morgan fingerprint density at radius 1 is 1.15 bits per heavy atom. The number of benzene rings is 1. The summed E-state index contributed by atoms with van der Waals surface area (Å²) >= 11 is 0. The predicted octanol–water partition coefficient (Wildman–Crippen LogP) is 0.747. The number of rotatable bonds is 7. The second-order valence-electron chi connectivity index (χ2n) is 7.57. The Hall–Kier alpha value is -2.19. The van der Waals surface area contributed by atoms with Crippen LogP contribution in [0.15, 0.2) is 41.8 Å². The molecule has 1 saturated heterocycles. The monoisotopic (exact) mass is 389 g/mol. The minimum Gasteiger partial charge on any atom is -0.352 e. The molecular weight excluding hydrogens is 366 g/mol. The maximum absolute atomic E-state index is 12.8. The smallest absolute Gasteiger partial charge is 0.251 e. The van der Waals surface area contributed by atoms with E-state index in [9.17, 15) is 18.0 Å². The molecule has 0 spiro atoms. The van der Waals surface area contributed by atoms with Crippen LogP contribution in [0.25, 0.3) is 0 Å². The zero-order valence-corrected chi connectivity index (χ0v) is 15.7. The summed E-state index contributed by atoms with van der Waals surface area (Å²) in [5.74, 6) is 0.524. The van der Waals surface area contributed by atoms with Crippen LogP contribution in [0.5, 0.6) is 0 Å². The first-order valence-corrected chi connectivity index (χ1v) is 10.7. The van der Waals surface area contributed by atoms with Crippen LogP contribution in [0, 0.1) is 17.8 Å². The molecule has 2 saturated carbocycles. The zero-order valence-electron chi connectivity index (χ0n) is 14.9. The van der Waals surface area contributed by atoms with Crippen molar-refractivity contribution in [2.24, 2.45) is 17.8 Å². The number of nitrogens with one attached hydrogen (secondary N) is 2. The minimum absolute atomic E-state index is 0.0412. The molecule has 1 heterocycles. The molecule has 2 N–H and O–H groups in total. The van der Waals surface area contributed by atoms with Crippen LogP contribution >= 0.6 is 0 Å². The number of sulfonamides is 1. The van der Waals surface area contributed by atoms with Gasteiger partial charge in [0.1, 0.15) is 0 Å². The van der Waals surface area contributed by atoms with E-state index in [-0.39, 0.29) is 34.6 Å². The molecule has 1 aromatic rings. The fourth-order valence-electron chi connectivity index (χ4n) is 3.71. The van der Waals surface area contributed by atoms with E-state index in [1.165, 1.54) is 22.5 Å². The van der Waals surface area contributed by atoms with Crippen molar-refractivity contribution < 1.29 is 18.0 Å². The van der Waals surface area contributed by atoms with Gasteiger partial charge in [-0.15, -0.1) is 0 Å². The first-order valence-electron chi connectivity index (χ1n) is 9.21. The van der Waals surface area contributed by atoms with Crippen molar-refractivity contribution in [1.82, 2.24) is 14.9 Å². The van der Waals surface area contributed by atoms with Crippen LogP contribution in [0.1, 0.15) is 23.2 Å². The minimum atomic E-state index is -3.59. The highest BCUT2D eigenvalue weighted by atomic mass is 32.2. The van der Waals surface area contributed by atoms with Gasteiger partial charge in [-0.3, -0.25) is 9.59 Å². The molecule has 27 heavy (non-hydrogen) atoms. The topological polar surface area (TPSA) is 95.6 Å². The van der Waals surface area contributed by atoms with E-state index < -0.39 is 10.0 Å². The molecule has 0 radical (unpaired) electrons. The molecule has 4 rings (SSSR count). The number of nitrogens with zero attached hydrogens (tertiary/aromatic N) is 1. The van der Waals surface area contributed by atoms with Gasteiger partial charge in [-0.2, -0.15) is 4.31 Å². The number of hydrogen-bond acceptors (Lipinski definition) is 4. The normalized spacial score (nSPS) is 26.9. The SMILES string of the molecule is C=CC(=O)NC1C2CN(S(=O)(=O)c3ccc(C(=O)NCC4CC4)cc3)CC21. The van der Waals surface area contributed by atoms with Gasteiger partial charge in [0.15, 0.2) is 0 Å². The van der Waals surface area contributed by atoms with E-state index in [4.69, 9.17) is 0 Å². The molecule has 144 valence electrons. The van der Waals surface area contributed by atoms with Crippen molar-refractivity contribution in [2.45, 2.75) is 23.8 Å². The third-order valence-corrected chi connectivity index (χ3v) is 7.50. The fourth-order valence-corrected chi connectivity index (χ4v) is 5.22. The van der Waals surface area contributed by atoms with Crippen molar-refractivity contribution in [3.05, 3.63) is 42.5 Å². The van der Waals surface area contributed by atoms with Gasteiger partial charge in [0.05, 0.1) is 4.90 Å². The molecule has 2 amide bonds. The second-order valence-corrected chi connectivity index (χ2v) is 9.50. The van der Waals surface area contributed by atoms with Gasteiger partial charge in [-0.05, 0) is 60.9 Å². The van der Waals surface area contributed by atoms with Gasteiger partial charge in [-0.1, -0.05) is 6.58 Å². The predicted molar refractivity (Wildman–Crippen MR) is 99.4 cm³/mol. The third kappa shape index (κ3) is 3.64. The summed E-state index contributed by atoms with van der Waals surface area (Å²) < 4.78 is 27.1. The quantitative estimate of drug-likeness (QED) is 0.673. The molecule has 3 aliphatic rings. The Morgan fingerprint density at radius 3 is 2.33 bits per heavy atom.